The molecular weight excluding hydrogens is 662 g/mol. The third-order valence-electron chi connectivity index (χ3n) is 6.47. The van der Waals surface area contributed by atoms with Crippen LogP contribution in [0, 0.1) is 11.3 Å². The number of rotatable bonds is 12. The van der Waals surface area contributed by atoms with Crippen LogP contribution in [-0.4, -0.2) is 43.5 Å². The predicted octanol–water partition coefficient (Wildman–Crippen LogP) is 4.79. The zero-order valence-electron chi connectivity index (χ0n) is 24.7. The van der Waals surface area contributed by atoms with Crippen molar-refractivity contribution in [3.8, 4) is 23.3 Å². The first-order valence-corrected chi connectivity index (χ1v) is 14.9. The van der Waals surface area contributed by atoms with Gasteiger partial charge in [-0.15, -0.1) is 0 Å². The number of carbonyl (C=O) groups is 2. The fourth-order valence-electron chi connectivity index (χ4n) is 4.40. The minimum atomic E-state index is -0.639. The summed E-state index contributed by atoms with van der Waals surface area (Å²) >= 11 is 8.83. The summed E-state index contributed by atoms with van der Waals surface area (Å²) in [5.41, 5.74) is 6.09. The second kappa shape index (κ2) is 15.7. The summed E-state index contributed by atoms with van der Waals surface area (Å²) in [5.74, 6) is 0.358. The van der Waals surface area contributed by atoms with Crippen LogP contribution in [0.1, 0.15) is 42.1 Å². The molecule has 0 fully saturated rings. The van der Waals surface area contributed by atoms with Crippen LogP contribution in [0.4, 0.5) is 0 Å². The zero-order chi connectivity index (χ0) is 32.3. The second-order valence-electron chi connectivity index (χ2n) is 9.54. The average Bonchev–Trinajstić information content (AvgIpc) is 3.03. The highest BCUT2D eigenvalue weighted by atomic mass is 79.9. The fourth-order valence-corrected chi connectivity index (χ4v) is 5.24. The molecule has 0 saturated carbocycles. The van der Waals surface area contributed by atoms with E-state index in [0.29, 0.717) is 54.8 Å². The molecule has 0 aliphatic carbocycles. The fraction of sp³-hybridized carbons (Fsp3) is 0.219. The van der Waals surface area contributed by atoms with Crippen LogP contribution in [0.15, 0.2) is 81.5 Å². The molecule has 0 radical (unpaired) electrons. The Bertz CT molecular complexity index is 1690. The minimum Gasteiger partial charge on any atom is -0.493 e. The molecular formula is C32H30BrN5O6S. The topological polar surface area (TPSA) is 143 Å². The molecule has 1 amide bonds. The Morgan fingerprint density at radius 3 is 2.60 bits per heavy atom. The first-order valence-electron chi connectivity index (χ1n) is 13.7. The van der Waals surface area contributed by atoms with Crippen LogP contribution in [0.2, 0.25) is 0 Å². The number of ether oxygens (including phenoxy) is 4. The highest BCUT2D eigenvalue weighted by molar-refractivity contribution is 9.10. The maximum atomic E-state index is 12.8. The molecule has 3 N–H and O–H groups in total. The summed E-state index contributed by atoms with van der Waals surface area (Å²) in [7, 11) is 1.52. The van der Waals surface area contributed by atoms with Gasteiger partial charge in [-0.2, -0.15) is 10.4 Å². The Labute approximate surface area is 274 Å². The van der Waals surface area contributed by atoms with Crippen LogP contribution in [0.25, 0.3) is 0 Å². The van der Waals surface area contributed by atoms with Gasteiger partial charge in [0.25, 0.3) is 5.91 Å². The Morgan fingerprint density at radius 2 is 1.89 bits per heavy atom. The zero-order valence-corrected chi connectivity index (χ0v) is 27.1. The highest BCUT2D eigenvalue weighted by Gasteiger charge is 2.32. The van der Waals surface area contributed by atoms with Crippen molar-refractivity contribution in [2.24, 2.45) is 5.10 Å². The van der Waals surface area contributed by atoms with Crippen LogP contribution < -0.4 is 30.3 Å². The van der Waals surface area contributed by atoms with E-state index in [1.165, 1.54) is 13.3 Å². The molecule has 0 spiro atoms. The molecule has 3 aromatic rings. The second-order valence-corrected chi connectivity index (χ2v) is 10.8. The third kappa shape index (κ3) is 8.59. The molecule has 1 aliphatic rings. The van der Waals surface area contributed by atoms with Gasteiger partial charge in [0, 0.05) is 11.3 Å². The summed E-state index contributed by atoms with van der Waals surface area (Å²) in [6.45, 7) is 3.62. The van der Waals surface area contributed by atoms with Crippen LogP contribution in [0.3, 0.4) is 0 Å². The first-order chi connectivity index (χ1) is 21.7. The molecule has 0 bridgehead atoms. The number of para-hydroxylation sites is 1. The maximum absolute atomic E-state index is 12.8. The molecule has 232 valence electrons. The average molecular weight is 693 g/mol. The van der Waals surface area contributed by atoms with Crippen LogP contribution in [-0.2, 0) is 20.9 Å². The summed E-state index contributed by atoms with van der Waals surface area (Å²) < 4.78 is 23.2. The number of benzene rings is 3. The number of halogens is 1. The SMILES string of the molecule is CCOC(=O)C1=C(C)NC(=S)N[C@H]1c1ccccc1OCC(=O)NN=Cc1cc(Br)c(OCc2ccc(C#N)cc2)c(OC)c1. The predicted molar refractivity (Wildman–Crippen MR) is 175 cm³/mol. The molecule has 4 rings (SSSR count). The van der Waals surface area contributed by atoms with Gasteiger partial charge in [0.05, 0.1) is 47.7 Å². The van der Waals surface area contributed by atoms with E-state index in [-0.39, 0.29) is 19.8 Å². The van der Waals surface area contributed by atoms with Crippen LogP contribution in [0.5, 0.6) is 17.2 Å². The van der Waals surface area contributed by atoms with Crippen molar-refractivity contribution in [3.05, 3.63) is 98.7 Å². The number of amides is 1. The van der Waals surface area contributed by atoms with Gasteiger partial charge in [0.1, 0.15) is 12.4 Å². The number of carbonyl (C=O) groups excluding carboxylic acids is 2. The van der Waals surface area contributed by atoms with Crippen molar-refractivity contribution in [1.82, 2.24) is 16.1 Å². The van der Waals surface area contributed by atoms with E-state index in [1.54, 1.807) is 62.4 Å². The molecule has 0 saturated heterocycles. The van der Waals surface area contributed by atoms with E-state index in [2.05, 4.69) is 43.2 Å². The van der Waals surface area contributed by atoms with Gasteiger partial charge in [0.15, 0.2) is 23.2 Å². The molecule has 3 aromatic carbocycles. The van der Waals surface area contributed by atoms with E-state index in [1.807, 2.05) is 12.1 Å². The molecule has 0 aromatic heterocycles. The van der Waals surface area contributed by atoms with Gasteiger partial charge >= 0.3 is 5.97 Å². The summed E-state index contributed by atoms with van der Waals surface area (Å²) in [4.78, 5) is 25.4. The number of esters is 1. The van der Waals surface area contributed by atoms with Crippen LogP contribution >= 0.6 is 28.1 Å². The number of thiocarbonyl (C=S) groups is 1. The number of methoxy groups -OCH3 is 1. The molecule has 0 unspecified atom stereocenters. The number of hydrogen-bond donors (Lipinski definition) is 3. The van der Waals surface area contributed by atoms with E-state index in [0.717, 1.165) is 5.56 Å². The summed E-state index contributed by atoms with van der Waals surface area (Å²) in [5, 5.41) is 19.4. The van der Waals surface area contributed by atoms with E-state index in [4.69, 9.17) is 36.4 Å². The van der Waals surface area contributed by atoms with Gasteiger partial charge in [-0.1, -0.05) is 30.3 Å². The van der Waals surface area contributed by atoms with Crippen molar-refractivity contribution < 1.29 is 28.5 Å². The standard InChI is InChI=1S/C32H30BrN5O6S/c1-4-42-31(40)28-19(2)36-32(45)37-29(28)23-7-5-6-8-25(23)43-18-27(39)38-35-16-22-13-24(33)30(26(14-22)41-3)44-17-21-11-9-20(15-34)10-12-21/h5-14,16,29H,4,17-18H2,1-3H3,(H,38,39)(H2,36,37,45)/t29-/m0/s1. The third-order valence-corrected chi connectivity index (χ3v) is 7.28. The number of allylic oxidation sites excluding steroid dienone is 1. The van der Waals surface area contributed by atoms with Crippen molar-refractivity contribution in [2.45, 2.75) is 26.5 Å². The quantitative estimate of drug-likeness (QED) is 0.105. The lowest BCUT2D eigenvalue weighted by Gasteiger charge is -2.30. The van der Waals surface area contributed by atoms with E-state index in [9.17, 15) is 9.59 Å². The van der Waals surface area contributed by atoms with Crippen molar-refractivity contribution >= 4 is 51.4 Å². The highest BCUT2D eigenvalue weighted by Crippen LogP contribution is 2.37. The number of nitrogens with one attached hydrogen (secondary N) is 3. The van der Waals surface area contributed by atoms with Gasteiger partial charge in [0.2, 0.25) is 0 Å². The van der Waals surface area contributed by atoms with Gasteiger partial charge in [-0.05, 0) is 83.5 Å². The minimum absolute atomic E-state index is 0.215. The Hall–Kier alpha value is -4.93. The Balaban J connectivity index is 1.39. The van der Waals surface area contributed by atoms with Crippen molar-refractivity contribution in [2.75, 3.05) is 20.3 Å². The number of nitriles is 1. The molecule has 45 heavy (non-hydrogen) atoms. The van der Waals surface area contributed by atoms with Gasteiger partial charge < -0.3 is 29.6 Å². The Kier molecular flexibility index (Phi) is 11.5. The molecule has 1 heterocycles. The maximum Gasteiger partial charge on any atom is 0.338 e. The largest absolute Gasteiger partial charge is 0.493 e. The monoisotopic (exact) mass is 691 g/mol. The van der Waals surface area contributed by atoms with Crippen molar-refractivity contribution in [1.29, 1.82) is 5.26 Å². The van der Waals surface area contributed by atoms with Crippen molar-refractivity contribution in [3.63, 3.8) is 0 Å². The molecule has 1 atom stereocenters. The molecule has 1 aliphatic heterocycles. The van der Waals surface area contributed by atoms with E-state index >= 15 is 0 Å². The summed E-state index contributed by atoms with van der Waals surface area (Å²) in [6, 6.07) is 19.1. The molecule has 13 heteroatoms. The smallest absolute Gasteiger partial charge is 0.338 e. The van der Waals surface area contributed by atoms with Gasteiger partial charge in [-0.3, -0.25) is 4.79 Å². The summed E-state index contributed by atoms with van der Waals surface area (Å²) in [6.07, 6.45) is 1.46. The Morgan fingerprint density at radius 1 is 1.13 bits per heavy atom. The normalized spacial score (nSPS) is 14.2. The van der Waals surface area contributed by atoms with E-state index < -0.39 is 17.9 Å². The number of hydrogen-bond acceptors (Lipinski definition) is 9. The lowest BCUT2D eigenvalue weighted by Crippen LogP contribution is -2.45. The number of hydrazone groups is 1. The lowest BCUT2D eigenvalue weighted by molar-refractivity contribution is -0.139. The molecule has 11 nitrogen and oxygen atoms in total. The van der Waals surface area contributed by atoms with Gasteiger partial charge in [-0.25, -0.2) is 10.2 Å². The number of nitrogens with zero attached hydrogens (tertiary/aromatic N) is 2. The first kappa shape index (κ1) is 33.0. The lowest BCUT2D eigenvalue weighted by atomic mass is 9.95.